The second-order valence-electron chi connectivity index (χ2n) is 4.35. The number of rotatable bonds is 4. The summed E-state index contributed by atoms with van der Waals surface area (Å²) in [6.45, 7) is 5.67. The molecule has 0 amide bonds. The van der Waals surface area contributed by atoms with Crippen LogP contribution in [-0.4, -0.2) is 16.1 Å². The van der Waals surface area contributed by atoms with Crippen molar-refractivity contribution in [2.24, 2.45) is 0 Å². The molecule has 0 aliphatic rings. The Hall–Kier alpha value is -1.39. The Morgan fingerprint density at radius 1 is 1.56 bits per heavy atom. The molecule has 1 heterocycles. The van der Waals surface area contributed by atoms with Crippen LogP contribution in [0.15, 0.2) is 6.07 Å². The Morgan fingerprint density at radius 2 is 2.12 bits per heavy atom. The predicted molar refractivity (Wildman–Crippen MR) is 56.0 cm³/mol. The highest BCUT2D eigenvalue weighted by Crippen LogP contribution is 2.31. The maximum atomic E-state index is 12.6. The lowest BCUT2D eigenvalue weighted by Crippen LogP contribution is -2.15. The van der Waals surface area contributed by atoms with Crippen LogP contribution in [0.5, 0.6) is 0 Å². The summed E-state index contributed by atoms with van der Waals surface area (Å²) in [5.74, 6) is -1.33. The molecular weight excluding hydrogens is 216 g/mol. The van der Waals surface area contributed by atoms with Crippen LogP contribution >= 0.6 is 0 Å². The molecule has 0 aliphatic heterocycles. The molecule has 1 aromatic heterocycles. The molecule has 0 unspecified atom stereocenters. The Labute approximate surface area is 92.5 Å². The van der Waals surface area contributed by atoms with Crippen molar-refractivity contribution in [3.63, 3.8) is 0 Å². The number of aromatic amines is 1. The van der Waals surface area contributed by atoms with Crippen LogP contribution < -0.4 is 0 Å². The lowest BCUT2D eigenvalue weighted by Gasteiger charge is -2.20. The molecule has 3 nitrogen and oxygen atoms in total. The fraction of sp³-hybridized carbons (Fsp3) is 0.545. The van der Waals surface area contributed by atoms with E-state index in [4.69, 9.17) is 5.11 Å². The van der Waals surface area contributed by atoms with E-state index in [0.29, 0.717) is 5.69 Å². The van der Waals surface area contributed by atoms with E-state index >= 15 is 0 Å². The highest BCUT2D eigenvalue weighted by molar-refractivity contribution is 5.89. The SMILES string of the molecule is CCC(C)(C)c1cc(C(=O)O)c(C(F)F)[nH]1. The maximum absolute atomic E-state index is 12.6. The van der Waals surface area contributed by atoms with Crippen molar-refractivity contribution in [1.82, 2.24) is 4.98 Å². The minimum atomic E-state index is -2.80. The summed E-state index contributed by atoms with van der Waals surface area (Å²) in [5, 5.41) is 8.81. The zero-order chi connectivity index (χ0) is 12.5. The van der Waals surface area contributed by atoms with Gasteiger partial charge in [0, 0.05) is 11.1 Å². The molecule has 5 heteroatoms. The van der Waals surface area contributed by atoms with Gasteiger partial charge in [-0.3, -0.25) is 0 Å². The normalized spacial score (nSPS) is 12.1. The summed E-state index contributed by atoms with van der Waals surface area (Å²) in [7, 11) is 0. The van der Waals surface area contributed by atoms with Gasteiger partial charge in [0.2, 0.25) is 0 Å². The van der Waals surface area contributed by atoms with Gasteiger partial charge in [0.05, 0.1) is 11.3 Å². The van der Waals surface area contributed by atoms with E-state index in [9.17, 15) is 13.6 Å². The molecule has 0 saturated carbocycles. The zero-order valence-corrected chi connectivity index (χ0v) is 9.47. The van der Waals surface area contributed by atoms with Gasteiger partial charge < -0.3 is 10.1 Å². The highest BCUT2D eigenvalue weighted by atomic mass is 19.3. The van der Waals surface area contributed by atoms with Crippen molar-refractivity contribution in [3.05, 3.63) is 23.0 Å². The number of aromatic nitrogens is 1. The topological polar surface area (TPSA) is 53.1 Å². The fourth-order valence-electron chi connectivity index (χ4n) is 1.37. The lowest BCUT2D eigenvalue weighted by atomic mass is 9.86. The number of aromatic carboxylic acids is 1. The average Bonchev–Trinajstić information content (AvgIpc) is 2.62. The van der Waals surface area contributed by atoms with Gasteiger partial charge in [-0.1, -0.05) is 20.8 Å². The van der Waals surface area contributed by atoms with E-state index in [1.54, 1.807) is 0 Å². The summed E-state index contributed by atoms with van der Waals surface area (Å²) in [4.78, 5) is 13.3. The van der Waals surface area contributed by atoms with Gasteiger partial charge in [-0.2, -0.15) is 0 Å². The zero-order valence-electron chi connectivity index (χ0n) is 9.47. The molecule has 0 bridgehead atoms. The third kappa shape index (κ3) is 2.23. The number of hydrogen-bond acceptors (Lipinski definition) is 1. The molecular formula is C11H15F2NO2. The Balaban J connectivity index is 3.27. The van der Waals surface area contributed by atoms with Crippen LogP contribution in [0.1, 0.15) is 55.4 Å². The van der Waals surface area contributed by atoms with Crippen molar-refractivity contribution < 1.29 is 18.7 Å². The first kappa shape index (κ1) is 12.7. The number of nitrogens with one attached hydrogen (secondary N) is 1. The van der Waals surface area contributed by atoms with E-state index in [1.165, 1.54) is 6.07 Å². The monoisotopic (exact) mass is 231 g/mol. The number of halogens is 2. The third-order valence-electron chi connectivity index (χ3n) is 2.91. The van der Waals surface area contributed by atoms with E-state index in [-0.39, 0.29) is 11.0 Å². The minimum absolute atomic E-state index is 0.336. The highest BCUT2D eigenvalue weighted by Gasteiger charge is 2.27. The Kier molecular flexibility index (Phi) is 3.35. The van der Waals surface area contributed by atoms with Gasteiger partial charge in [-0.15, -0.1) is 0 Å². The number of carboxylic acids is 1. The van der Waals surface area contributed by atoms with Gasteiger partial charge in [0.25, 0.3) is 6.43 Å². The van der Waals surface area contributed by atoms with Gasteiger partial charge in [-0.25, -0.2) is 13.6 Å². The fourth-order valence-corrected chi connectivity index (χ4v) is 1.37. The molecule has 0 spiro atoms. The van der Waals surface area contributed by atoms with E-state index in [2.05, 4.69) is 4.98 Å². The summed E-state index contributed by atoms with van der Waals surface area (Å²) >= 11 is 0. The molecule has 1 aromatic rings. The minimum Gasteiger partial charge on any atom is -0.478 e. The van der Waals surface area contributed by atoms with Crippen LogP contribution in [0, 0.1) is 0 Å². The van der Waals surface area contributed by atoms with E-state index < -0.39 is 18.1 Å². The first-order valence-corrected chi connectivity index (χ1v) is 5.04. The Bertz CT molecular complexity index is 397. The van der Waals surface area contributed by atoms with Crippen LogP contribution in [0.25, 0.3) is 0 Å². The molecule has 0 saturated heterocycles. The maximum Gasteiger partial charge on any atom is 0.337 e. The number of hydrogen-bond donors (Lipinski definition) is 2. The molecule has 16 heavy (non-hydrogen) atoms. The summed E-state index contributed by atoms with van der Waals surface area (Å²) < 4.78 is 25.2. The van der Waals surface area contributed by atoms with Crippen LogP contribution in [0.2, 0.25) is 0 Å². The molecule has 0 fully saturated rings. The van der Waals surface area contributed by atoms with Crippen LogP contribution in [0.4, 0.5) is 8.78 Å². The number of carboxylic acid groups (broad SMARTS) is 1. The van der Waals surface area contributed by atoms with Crippen molar-refractivity contribution in [1.29, 1.82) is 0 Å². The van der Waals surface area contributed by atoms with E-state index in [0.717, 1.165) is 6.42 Å². The van der Waals surface area contributed by atoms with Crippen molar-refractivity contribution >= 4 is 5.97 Å². The number of H-pyrrole nitrogens is 1. The summed E-state index contributed by atoms with van der Waals surface area (Å²) in [6, 6.07) is 1.30. The second-order valence-corrected chi connectivity index (χ2v) is 4.35. The molecule has 2 N–H and O–H groups in total. The lowest BCUT2D eigenvalue weighted by molar-refractivity contribution is 0.0684. The molecule has 1 rings (SSSR count). The molecule has 0 aliphatic carbocycles. The first-order chi connectivity index (χ1) is 7.29. The van der Waals surface area contributed by atoms with Crippen molar-refractivity contribution in [3.8, 4) is 0 Å². The van der Waals surface area contributed by atoms with Crippen LogP contribution in [0.3, 0.4) is 0 Å². The van der Waals surface area contributed by atoms with Crippen molar-refractivity contribution in [2.75, 3.05) is 0 Å². The Morgan fingerprint density at radius 3 is 2.44 bits per heavy atom. The van der Waals surface area contributed by atoms with Crippen molar-refractivity contribution in [2.45, 2.75) is 39.0 Å². The third-order valence-corrected chi connectivity index (χ3v) is 2.91. The van der Waals surface area contributed by atoms with Crippen LogP contribution in [-0.2, 0) is 5.41 Å². The quantitative estimate of drug-likeness (QED) is 0.835. The molecule has 0 radical (unpaired) electrons. The number of alkyl halides is 2. The summed E-state index contributed by atoms with van der Waals surface area (Å²) in [5.41, 5.74) is -0.657. The van der Waals surface area contributed by atoms with Gasteiger partial charge in [-0.05, 0) is 12.5 Å². The standard InChI is InChI=1S/C11H15F2NO2/c1-4-11(2,3)7-5-6(10(15)16)8(14-7)9(12)13/h5,9,14H,4H2,1-3H3,(H,15,16). The molecule has 0 aromatic carbocycles. The summed E-state index contributed by atoms with van der Waals surface area (Å²) in [6.07, 6.45) is -2.07. The van der Waals surface area contributed by atoms with E-state index in [1.807, 2.05) is 20.8 Å². The first-order valence-electron chi connectivity index (χ1n) is 5.04. The number of carbonyl (C=O) groups is 1. The predicted octanol–water partition coefficient (Wildman–Crippen LogP) is 3.34. The molecule has 90 valence electrons. The van der Waals surface area contributed by atoms with Gasteiger partial charge >= 0.3 is 5.97 Å². The van der Waals surface area contributed by atoms with Gasteiger partial charge in [0.15, 0.2) is 0 Å². The molecule has 0 atom stereocenters. The largest absolute Gasteiger partial charge is 0.478 e. The average molecular weight is 231 g/mol. The van der Waals surface area contributed by atoms with Gasteiger partial charge in [0.1, 0.15) is 0 Å². The smallest absolute Gasteiger partial charge is 0.337 e. The second kappa shape index (κ2) is 4.23.